The van der Waals surface area contributed by atoms with Gasteiger partial charge >= 0.3 is 6.03 Å². The summed E-state index contributed by atoms with van der Waals surface area (Å²) in [5.74, 6) is 0.123. The van der Waals surface area contributed by atoms with Crippen molar-refractivity contribution in [3.05, 3.63) is 142 Å². The van der Waals surface area contributed by atoms with Crippen LogP contribution in [0.4, 0.5) is 9.93 Å². The average molecular weight is 655 g/mol. The number of benzene rings is 3. The van der Waals surface area contributed by atoms with Crippen molar-refractivity contribution in [3.63, 3.8) is 0 Å². The van der Waals surface area contributed by atoms with E-state index in [4.69, 9.17) is 23.2 Å². The van der Waals surface area contributed by atoms with Crippen LogP contribution in [0.25, 0.3) is 16.9 Å². The minimum absolute atomic E-state index is 0.123. The summed E-state index contributed by atoms with van der Waals surface area (Å²) in [5, 5.41) is 11.9. The number of thiazole rings is 1. The van der Waals surface area contributed by atoms with Crippen molar-refractivity contribution in [3.8, 4) is 16.9 Å². The van der Waals surface area contributed by atoms with Gasteiger partial charge in [-0.15, -0.1) is 5.10 Å². The Morgan fingerprint density at radius 1 is 0.889 bits per heavy atom. The lowest BCUT2D eigenvalue weighted by Crippen LogP contribution is -2.38. The highest BCUT2D eigenvalue weighted by Gasteiger charge is 2.21. The van der Waals surface area contributed by atoms with E-state index < -0.39 is 0 Å². The Kier molecular flexibility index (Phi) is 9.80. The van der Waals surface area contributed by atoms with E-state index in [9.17, 15) is 4.79 Å². The summed E-state index contributed by atoms with van der Waals surface area (Å²) in [4.78, 5) is 24.7. The van der Waals surface area contributed by atoms with Crippen LogP contribution in [0, 0.1) is 0 Å². The van der Waals surface area contributed by atoms with Crippen molar-refractivity contribution in [1.29, 1.82) is 0 Å². The van der Waals surface area contributed by atoms with Crippen LogP contribution < -0.4 is 5.32 Å². The predicted molar refractivity (Wildman–Crippen MR) is 180 cm³/mol. The number of pyridine rings is 1. The second-order valence-corrected chi connectivity index (χ2v) is 12.4. The molecule has 226 valence electrons. The molecule has 0 aliphatic heterocycles. The molecule has 0 fully saturated rings. The van der Waals surface area contributed by atoms with Gasteiger partial charge in [-0.05, 0) is 41.8 Å². The van der Waals surface area contributed by atoms with Gasteiger partial charge in [0.05, 0.1) is 23.1 Å². The molecule has 1 N–H and O–H groups in total. The third-order valence-corrected chi connectivity index (χ3v) is 8.83. The van der Waals surface area contributed by atoms with Crippen LogP contribution in [-0.4, -0.2) is 49.0 Å². The molecule has 3 aromatic heterocycles. The number of carbonyl (C=O) groups is 1. The summed E-state index contributed by atoms with van der Waals surface area (Å²) in [6.07, 6.45) is 6.33. The number of rotatable bonds is 11. The lowest BCUT2D eigenvalue weighted by molar-refractivity contribution is 0.210. The number of hydrogen-bond acceptors (Lipinski definition) is 6. The van der Waals surface area contributed by atoms with Crippen LogP contribution in [-0.2, 0) is 6.42 Å². The number of nitrogens with one attached hydrogen (secondary N) is 1. The topological polar surface area (TPSA) is 88.8 Å². The van der Waals surface area contributed by atoms with Crippen LogP contribution in [0.3, 0.4) is 0 Å². The van der Waals surface area contributed by atoms with E-state index in [2.05, 4.69) is 49.9 Å². The molecule has 0 saturated carbocycles. The predicted octanol–water partition coefficient (Wildman–Crippen LogP) is 8.39. The third-order valence-electron chi connectivity index (χ3n) is 7.43. The lowest BCUT2D eigenvalue weighted by Gasteiger charge is -2.26. The average Bonchev–Trinajstić information content (AvgIpc) is 3.74. The molecule has 2 amide bonds. The number of carbonyl (C=O) groups excluding carboxylic acids is 1. The number of urea groups is 1. The zero-order valence-corrected chi connectivity index (χ0v) is 26.5. The number of nitrogens with zero attached hydrogens (tertiary/aromatic N) is 6. The molecule has 0 spiro atoms. The lowest BCUT2D eigenvalue weighted by atomic mass is 9.88. The van der Waals surface area contributed by atoms with Crippen molar-refractivity contribution in [2.45, 2.75) is 18.8 Å². The second-order valence-electron chi connectivity index (χ2n) is 10.3. The van der Waals surface area contributed by atoms with Crippen molar-refractivity contribution < 1.29 is 4.79 Å². The molecule has 0 aliphatic rings. The maximum Gasteiger partial charge on any atom is 0.323 e. The van der Waals surface area contributed by atoms with Gasteiger partial charge in [0.15, 0.2) is 5.13 Å². The van der Waals surface area contributed by atoms with Gasteiger partial charge < -0.3 is 4.90 Å². The highest BCUT2D eigenvalue weighted by Crippen LogP contribution is 2.36. The summed E-state index contributed by atoms with van der Waals surface area (Å²) < 4.78 is 2.16. The van der Waals surface area contributed by atoms with Gasteiger partial charge in [-0.25, -0.2) is 14.5 Å². The number of hydrogen-bond donors (Lipinski definition) is 1. The van der Waals surface area contributed by atoms with Crippen molar-refractivity contribution in [2.75, 3.05) is 18.4 Å². The Morgan fingerprint density at radius 2 is 1.60 bits per heavy atom. The molecule has 3 heterocycles. The monoisotopic (exact) mass is 653 g/mol. The fourth-order valence-electron chi connectivity index (χ4n) is 5.12. The van der Waals surface area contributed by atoms with Crippen molar-refractivity contribution in [2.24, 2.45) is 0 Å². The van der Waals surface area contributed by atoms with E-state index in [0.717, 1.165) is 23.4 Å². The zero-order chi connectivity index (χ0) is 31.0. The summed E-state index contributed by atoms with van der Waals surface area (Å²) in [6.45, 7) is 0.982. The fraction of sp³-hybridized carbons (Fsp3) is 0.147. The van der Waals surface area contributed by atoms with Crippen LogP contribution >= 0.6 is 34.5 Å². The van der Waals surface area contributed by atoms with Gasteiger partial charge in [-0.3, -0.25) is 10.3 Å². The number of amides is 2. The van der Waals surface area contributed by atoms with Gasteiger partial charge in [-0.1, -0.05) is 113 Å². The summed E-state index contributed by atoms with van der Waals surface area (Å²) in [7, 11) is 0. The van der Waals surface area contributed by atoms with Gasteiger partial charge in [0.25, 0.3) is 0 Å². The SMILES string of the molecule is O=C(Nc1nc(-c2ccc(-n3ccnn3)cc2)c(Cl)s1)N(CCc1ccc(Cl)cn1)CCC(c1ccccc1)c1ccccc1. The van der Waals surface area contributed by atoms with Gasteiger partial charge in [0.1, 0.15) is 10.0 Å². The molecule has 3 aromatic carbocycles. The fourth-order valence-corrected chi connectivity index (χ4v) is 6.31. The Labute approximate surface area is 275 Å². The molecule has 8 nitrogen and oxygen atoms in total. The van der Waals surface area contributed by atoms with Crippen LogP contribution in [0.15, 0.2) is 116 Å². The maximum atomic E-state index is 13.8. The third kappa shape index (κ3) is 7.75. The molecule has 6 aromatic rings. The normalized spacial score (nSPS) is 11.1. The largest absolute Gasteiger partial charge is 0.324 e. The number of aromatic nitrogens is 5. The van der Waals surface area contributed by atoms with Crippen LogP contribution in [0.5, 0.6) is 0 Å². The molecule has 0 unspecified atom stereocenters. The smallest absolute Gasteiger partial charge is 0.323 e. The van der Waals surface area contributed by atoms with E-state index in [-0.39, 0.29) is 11.9 Å². The molecule has 0 aliphatic carbocycles. The quantitative estimate of drug-likeness (QED) is 0.152. The summed E-state index contributed by atoms with van der Waals surface area (Å²) in [5.41, 5.74) is 5.57. The maximum absolute atomic E-state index is 13.8. The molecule has 0 atom stereocenters. The van der Waals surface area contributed by atoms with Gasteiger partial charge in [0, 0.05) is 42.9 Å². The molecule has 11 heteroatoms. The molecular weight excluding hydrogens is 625 g/mol. The van der Waals surface area contributed by atoms with Gasteiger partial charge in [-0.2, -0.15) is 0 Å². The zero-order valence-electron chi connectivity index (χ0n) is 24.1. The minimum atomic E-state index is -0.248. The highest BCUT2D eigenvalue weighted by atomic mass is 35.5. The van der Waals surface area contributed by atoms with E-state index in [1.165, 1.54) is 22.5 Å². The van der Waals surface area contributed by atoms with Crippen LogP contribution in [0.2, 0.25) is 9.36 Å². The molecule has 0 bridgehead atoms. The first-order valence-corrected chi connectivity index (χ1v) is 16.0. The molecule has 45 heavy (non-hydrogen) atoms. The molecule has 0 radical (unpaired) electrons. The van der Waals surface area contributed by atoms with Crippen LogP contribution in [0.1, 0.15) is 29.2 Å². The van der Waals surface area contributed by atoms with Crippen molar-refractivity contribution >= 4 is 45.7 Å². The summed E-state index contributed by atoms with van der Waals surface area (Å²) in [6, 6.07) is 31.9. The number of anilines is 1. The Morgan fingerprint density at radius 3 is 2.22 bits per heavy atom. The van der Waals surface area contributed by atoms with Gasteiger partial charge in [0.2, 0.25) is 0 Å². The standard InChI is InChI=1S/C34H29Cl2N7OS/c35-27-13-14-28(37-23-27)17-20-42(21-18-30(24-7-3-1-4-8-24)25-9-5-2-6-10-25)34(44)40-33-39-31(32(36)45-33)26-11-15-29(16-12-26)43-22-19-38-41-43/h1-16,19,22-23,30H,17-18,20-21H2,(H,39,40,44). The first kappa shape index (κ1) is 30.5. The molecule has 0 saturated heterocycles. The molecule has 6 rings (SSSR count). The molecular formula is C34H29Cl2N7OS. The number of halogens is 2. The minimum Gasteiger partial charge on any atom is -0.324 e. The Bertz CT molecular complexity index is 1780. The van der Waals surface area contributed by atoms with Crippen molar-refractivity contribution in [1.82, 2.24) is 29.9 Å². The van der Waals surface area contributed by atoms with E-state index in [0.29, 0.717) is 39.7 Å². The Hall–Kier alpha value is -4.57. The van der Waals surface area contributed by atoms with E-state index in [1.807, 2.05) is 77.7 Å². The first-order valence-electron chi connectivity index (χ1n) is 14.4. The second kappa shape index (κ2) is 14.5. The first-order chi connectivity index (χ1) is 22.0. The highest BCUT2D eigenvalue weighted by molar-refractivity contribution is 7.20. The van der Waals surface area contributed by atoms with E-state index >= 15 is 0 Å². The van der Waals surface area contributed by atoms with E-state index in [1.54, 1.807) is 23.3 Å². The summed E-state index contributed by atoms with van der Waals surface area (Å²) >= 11 is 13.9. The Balaban J connectivity index is 1.20.